The van der Waals surface area contributed by atoms with Gasteiger partial charge in [0.05, 0.1) is 6.61 Å². The molecule has 114 valence electrons. The minimum absolute atomic E-state index is 0.666. The molecule has 0 aliphatic carbocycles. The zero-order chi connectivity index (χ0) is 14.3. The molecule has 1 rings (SSSR count). The van der Waals surface area contributed by atoms with Gasteiger partial charge in [0.1, 0.15) is 0 Å². The highest BCUT2D eigenvalue weighted by molar-refractivity contribution is 4.80. The van der Waals surface area contributed by atoms with Crippen LogP contribution in [0.4, 0.5) is 0 Å². The van der Waals surface area contributed by atoms with Crippen molar-refractivity contribution >= 4 is 0 Å². The summed E-state index contributed by atoms with van der Waals surface area (Å²) in [5.74, 6) is 2.18. The van der Waals surface area contributed by atoms with Crippen LogP contribution >= 0.6 is 0 Å². The Hall–Kier alpha value is -0.120. The first-order valence-electron chi connectivity index (χ1n) is 7.98. The second-order valence-corrected chi connectivity index (χ2v) is 6.73. The molecule has 1 heterocycles. The molecule has 1 aliphatic heterocycles. The summed E-state index contributed by atoms with van der Waals surface area (Å²) < 4.78 is 5.32. The van der Waals surface area contributed by atoms with E-state index in [1.54, 1.807) is 0 Å². The van der Waals surface area contributed by atoms with E-state index in [1.807, 2.05) is 7.11 Å². The standard InChI is InChI=1S/C16H34N2O/c1-13(2)9-17-10-14(3)15(4)18-8-6-7-16(11-18)12-19-5/h13-17H,6-12H2,1-5H3. The maximum absolute atomic E-state index is 5.32. The second-order valence-electron chi connectivity index (χ2n) is 6.73. The van der Waals surface area contributed by atoms with E-state index in [0.717, 1.165) is 31.5 Å². The first kappa shape index (κ1) is 16.9. The number of hydrogen-bond acceptors (Lipinski definition) is 3. The van der Waals surface area contributed by atoms with Crippen molar-refractivity contribution in [2.75, 3.05) is 39.9 Å². The Labute approximate surface area is 120 Å². The highest BCUT2D eigenvalue weighted by Crippen LogP contribution is 2.21. The fourth-order valence-corrected chi connectivity index (χ4v) is 2.97. The molecule has 1 N–H and O–H groups in total. The SMILES string of the molecule is COCC1CCCN(C(C)C(C)CNCC(C)C)C1. The van der Waals surface area contributed by atoms with Crippen LogP contribution in [0.2, 0.25) is 0 Å². The van der Waals surface area contributed by atoms with Crippen molar-refractivity contribution in [3.63, 3.8) is 0 Å². The van der Waals surface area contributed by atoms with Crippen LogP contribution < -0.4 is 5.32 Å². The molecule has 0 spiro atoms. The molecule has 1 aliphatic rings. The van der Waals surface area contributed by atoms with Crippen LogP contribution in [0.3, 0.4) is 0 Å². The molecule has 0 aromatic carbocycles. The third kappa shape index (κ3) is 6.24. The molecule has 19 heavy (non-hydrogen) atoms. The van der Waals surface area contributed by atoms with Crippen molar-refractivity contribution in [2.24, 2.45) is 17.8 Å². The van der Waals surface area contributed by atoms with E-state index in [2.05, 4.69) is 37.9 Å². The molecule has 1 saturated heterocycles. The normalized spacial score (nSPS) is 24.6. The van der Waals surface area contributed by atoms with Crippen molar-refractivity contribution in [1.82, 2.24) is 10.2 Å². The van der Waals surface area contributed by atoms with Crippen LogP contribution in [-0.2, 0) is 4.74 Å². The Kier molecular flexibility index (Phi) is 7.96. The first-order valence-corrected chi connectivity index (χ1v) is 7.98. The molecule has 0 radical (unpaired) electrons. The molecule has 3 nitrogen and oxygen atoms in total. The van der Waals surface area contributed by atoms with Gasteiger partial charge in [-0.15, -0.1) is 0 Å². The molecule has 0 bridgehead atoms. The van der Waals surface area contributed by atoms with Gasteiger partial charge in [0, 0.05) is 19.7 Å². The van der Waals surface area contributed by atoms with Crippen LogP contribution in [0, 0.1) is 17.8 Å². The van der Waals surface area contributed by atoms with E-state index in [9.17, 15) is 0 Å². The Morgan fingerprint density at radius 3 is 2.58 bits per heavy atom. The van der Waals surface area contributed by atoms with Crippen LogP contribution in [0.5, 0.6) is 0 Å². The lowest BCUT2D eigenvalue weighted by Crippen LogP contribution is -2.47. The number of piperidine rings is 1. The van der Waals surface area contributed by atoms with Crippen LogP contribution in [0.25, 0.3) is 0 Å². The third-order valence-electron chi connectivity index (χ3n) is 4.37. The van der Waals surface area contributed by atoms with Gasteiger partial charge in [-0.2, -0.15) is 0 Å². The summed E-state index contributed by atoms with van der Waals surface area (Å²) in [6.45, 7) is 14.9. The molecule has 0 aromatic rings. The lowest BCUT2D eigenvalue weighted by molar-refractivity contribution is 0.0578. The van der Waals surface area contributed by atoms with Crippen molar-refractivity contribution in [1.29, 1.82) is 0 Å². The lowest BCUT2D eigenvalue weighted by Gasteiger charge is -2.39. The van der Waals surface area contributed by atoms with Crippen molar-refractivity contribution in [3.8, 4) is 0 Å². The van der Waals surface area contributed by atoms with Gasteiger partial charge in [0.15, 0.2) is 0 Å². The molecular weight excluding hydrogens is 236 g/mol. The van der Waals surface area contributed by atoms with Gasteiger partial charge in [0.2, 0.25) is 0 Å². The highest BCUT2D eigenvalue weighted by Gasteiger charge is 2.26. The minimum Gasteiger partial charge on any atom is -0.384 e. The van der Waals surface area contributed by atoms with Crippen LogP contribution in [0.1, 0.15) is 40.5 Å². The smallest absolute Gasteiger partial charge is 0.0502 e. The minimum atomic E-state index is 0.666. The molecule has 3 atom stereocenters. The summed E-state index contributed by atoms with van der Waals surface area (Å²) in [5.41, 5.74) is 0. The monoisotopic (exact) mass is 270 g/mol. The van der Waals surface area contributed by atoms with Crippen molar-refractivity contribution < 1.29 is 4.74 Å². The second kappa shape index (κ2) is 8.93. The molecular formula is C16H34N2O. The molecule has 0 amide bonds. The third-order valence-corrected chi connectivity index (χ3v) is 4.37. The lowest BCUT2D eigenvalue weighted by atomic mass is 9.94. The molecule has 1 fully saturated rings. The van der Waals surface area contributed by atoms with Crippen LogP contribution in [0.15, 0.2) is 0 Å². The predicted molar refractivity (Wildman–Crippen MR) is 82.5 cm³/mol. The van der Waals surface area contributed by atoms with E-state index in [0.29, 0.717) is 12.0 Å². The first-order chi connectivity index (χ1) is 9.04. The summed E-state index contributed by atoms with van der Waals surface area (Å²) in [7, 11) is 1.82. The fraction of sp³-hybridized carbons (Fsp3) is 1.00. The number of rotatable bonds is 8. The average molecular weight is 270 g/mol. The van der Waals surface area contributed by atoms with Crippen molar-refractivity contribution in [3.05, 3.63) is 0 Å². The van der Waals surface area contributed by atoms with E-state index in [-0.39, 0.29) is 0 Å². The van der Waals surface area contributed by atoms with Gasteiger partial charge < -0.3 is 10.1 Å². The van der Waals surface area contributed by atoms with Gasteiger partial charge in [-0.3, -0.25) is 4.90 Å². The fourth-order valence-electron chi connectivity index (χ4n) is 2.97. The zero-order valence-corrected chi connectivity index (χ0v) is 13.6. The summed E-state index contributed by atoms with van der Waals surface area (Å²) in [4.78, 5) is 2.66. The van der Waals surface area contributed by atoms with Gasteiger partial charge in [-0.1, -0.05) is 20.8 Å². The van der Waals surface area contributed by atoms with Crippen LogP contribution in [-0.4, -0.2) is 50.8 Å². The predicted octanol–water partition coefficient (Wildman–Crippen LogP) is 2.62. The van der Waals surface area contributed by atoms with E-state index < -0.39 is 0 Å². The number of nitrogens with zero attached hydrogens (tertiary/aromatic N) is 1. The Morgan fingerprint density at radius 1 is 1.21 bits per heavy atom. The molecule has 0 saturated carbocycles. The number of nitrogens with one attached hydrogen (secondary N) is 1. The molecule has 3 heteroatoms. The quantitative estimate of drug-likeness (QED) is 0.734. The topological polar surface area (TPSA) is 24.5 Å². The molecule has 0 aromatic heterocycles. The Morgan fingerprint density at radius 2 is 1.95 bits per heavy atom. The highest BCUT2D eigenvalue weighted by atomic mass is 16.5. The maximum Gasteiger partial charge on any atom is 0.0502 e. The Balaban J connectivity index is 2.31. The number of methoxy groups -OCH3 is 1. The molecule has 3 unspecified atom stereocenters. The Bertz CT molecular complexity index is 231. The van der Waals surface area contributed by atoms with Gasteiger partial charge in [-0.25, -0.2) is 0 Å². The van der Waals surface area contributed by atoms with Gasteiger partial charge in [-0.05, 0) is 57.2 Å². The number of likely N-dealkylation sites (tertiary alicyclic amines) is 1. The van der Waals surface area contributed by atoms with E-state index in [4.69, 9.17) is 4.74 Å². The summed E-state index contributed by atoms with van der Waals surface area (Å²) in [5, 5.41) is 3.59. The van der Waals surface area contributed by atoms with E-state index in [1.165, 1.54) is 25.9 Å². The largest absolute Gasteiger partial charge is 0.384 e. The maximum atomic E-state index is 5.32. The summed E-state index contributed by atoms with van der Waals surface area (Å²) in [6, 6.07) is 0.666. The van der Waals surface area contributed by atoms with Gasteiger partial charge >= 0.3 is 0 Å². The van der Waals surface area contributed by atoms with Gasteiger partial charge in [0.25, 0.3) is 0 Å². The van der Waals surface area contributed by atoms with Crippen molar-refractivity contribution in [2.45, 2.75) is 46.6 Å². The van der Waals surface area contributed by atoms with E-state index >= 15 is 0 Å². The summed E-state index contributed by atoms with van der Waals surface area (Å²) in [6.07, 6.45) is 2.65. The zero-order valence-electron chi connectivity index (χ0n) is 13.6. The number of ether oxygens (including phenoxy) is 1. The summed E-state index contributed by atoms with van der Waals surface area (Å²) >= 11 is 0. The number of hydrogen-bond donors (Lipinski definition) is 1. The average Bonchev–Trinajstić information content (AvgIpc) is 2.38.